The van der Waals surface area contributed by atoms with Gasteiger partial charge in [-0.3, -0.25) is 24.5 Å². The van der Waals surface area contributed by atoms with Crippen molar-refractivity contribution in [3.63, 3.8) is 0 Å². The molecule has 1 aliphatic heterocycles. The van der Waals surface area contributed by atoms with Gasteiger partial charge in [-0.1, -0.05) is 41.9 Å². The number of likely N-dealkylation sites (N-methyl/N-ethyl adjacent to an activating group) is 1. The molecular formula is C24H21ClN2O6. The average Bonchev–Trinajstić information content (AvgIpc) is 3.02. The standard InChI is InChI=1S/C24H21ClN2O6/c1-3-33-22(29)18-13-19(25)16(12-14-8-10-15(11-9-14)27(31)32)21(28)24(18)17-6-4-5-7-20(17)26(2)23(24)30/h4-11,18H,3,12-13H2,1-2H3. The van der Waals surface area contributed by atoms with Crippen LogP contribution in [0, 0.1) is 16.0 Å². The molecule has 170 valence electrons. The molecule has 0 bridgehead atoms. The van der Waals surface area contributed by atoms with Gasteiger partial charge in [-0.25, -0.2) is 0 Å². The van der Waals surface area contributed by atoms with E-state index in [4.69, 9.17) is 16.3 Å². The second-order valence-corrected chi connectivity index (χ2v) is 8.47. The van der Waals surface area contributed by atoms with Crippen molar-refractivity contribution in [3.8, 4) is 0 Å². The fourth-order valence-corrected chi connectivity index (χ4v) is 5.05. The molecule has 0 aromatic heterocycles. The minimum absolute atomic E-state index is 0.0254. The number of non-ortho nitro benzene ring substituents is 1. The molecule has 0 saturated carbocycles. The number of amides is 1. The molecule has 4 rings (SSSR count). The Bertz CT molecular complexity index is 1210. The van der Waals surface area contributed by atoms with E-state index in [0.717, 1.165) is 0 Å². The number of para-hydroxylation sites is 1. The zero-order valence-corrected chi connectivity index (χ0v) is 18.8. The Hall–Kier alpha value is -3.52. The summed E-state index contributed by atoms with van der Waals surface area (Å²) >= 11 is 6.54. The van der Waals surface area contributed by atoms with E-state index in [2.05, 4.69) is 0 Å². The van der Waals surface area contributed by atoms with Crippen molar-refractivity contribution in [1.29, 1.82) is 0 Å². The third-order valence-corrected chi connectivity index (χ3v) is 6.68. The van der Waals surface area contributed by atoms with E-state index in [0.29, 0.717) is 16.8 Å². The number of nitro groups is 1. The van der Waals surface area contributed by atoms with Crippen molar-refractivity contribution < 1.29 is 24.0 Å². The van der Waals surface area contributed by atoms with Gasteiger partial charge in [-0.15, -0.1) is 0 Å². The summed E-state index contributed by atoms with van der Waals surface area (Å²) in [6.45, 7) is 1.76. The second kappa shape index (κ2) is 8.44. The largest absolute Gasteiger partial charge is 0.466 e. The maximum atomic E-state index is 14.1. The van der Waals surface area contributed by atoms with Crippen molar-refractivity contribution in [2.75, 3.05) is 18.6 Å². The van der Waals surface area contributed by atoms with E-state index < -0.39 is 33.9 Å². The number of hydrogen-bond acceptors (Lipinski definition) is 6. The van der Waals surface area contributed by atoms with Crippen LogP contribution in [0.1, 0.15) is 24.5 Å². The van der Waals surface area contributed by atoms with Gasteiger partial charge in [0.15, 0.2) is 11.2 Å². The predicted octanol–water partition coefficient (Wildman–Crippen LogP) is 3.70. The summed E-state index contributed by atoms with van der Waals surface area (Å²) in [5.41, 5.74) is -0.00656. The summed E-state index contributed by atoms with van der Waals surface area (Å²) in [6.07, 6.45) is 0.0501. The molecule has 2 aromatic rings. The van der Waals surface area contributed by atoms with Crippen LogP contribution in [0.2, 0.25) is 0 Å². The Labute approximate surface area is 194 Å². The highest BCUT2D eigenvalue weighted by molar-refractivity contribution is 6.37. The van der Waals surface area contributed by atoms with E-state index in [1.807, 2.05) is 0 Å². The number of halogens is 1. The number of nitro benzene ring substituents is 1. The van der Waals surface area contributed by atoms with Crippen molar-refractivity contribution in [2.24, 2.45) is 5.92 Å². The van der Waals surface area contributed by atoms with Gasteiger partial charge < -0.3 is 9.64 Å². The molecule has 1 heterocycles. The highest BCUT2D eigenvalue weighted by Crippen LogP contribution is 2.53. The Kier molecular flexibility index (Phi) is 5.80. The van der Waals surface area contributed by atoms with E-state index in [9.17, 15) is 24.5 Å². The number of esters is 1. The maximum Gasteiger partial charge on any atom is 0.311 e. The van der Waals surface area contributed by atoms with E-state index in [1.54, 1.807) is 50.4 Å². The number of ketones is 1. The van der Waals surface area contributed by atoms with Crippen LogP contribution in [0.5, 0.6) is 0 Å². The molecular weight excluding hydrogens is 448 g/mol. The Morgan fingerprint density at radius 2 is 1.88 bits per heavy atom. The molecule has 0 N–H and O–H groups in total. The number of nitrogens with zero attached hydrogens (tertiary/aromatic N) is 2. The SMILES string of the molecule is CCOC(=O)C1CC(Cl)=C(Cc2ccc([N+](=O)[O-])cc2)C(=O)C12C(=O)N(C)c1ccccc12. The smallest absolute Gasteiger partial charge is 0.311 e. The molecule has 0 saturated heterocycles. The predicted molar refractivity (Wildman–Crippen MR) is 121 cm³/mol. The Morgan fingerprint density at radius 3 is 2.52 bits per heavy atom. The minimum Gasteiger partial charge on any atom is -0.466 e. The molecule has 33 heavy (non-hydrogen) atoms. The maximum absolute atomic E-state index is 14.1. The summed E-state index contributed by atoms with van der Waals surface area (Å²) in [5.74, 6) is -2.80. The number of fused-ring (bicyclic) bond motifs is 2. The third kappa shape index (κ3) is 3.41. The zero-order chi connectivity index (χ0) is 23.9. The molecule has 9 heteroatoms. The topological polar surface area (TPSA) is 107 Å². The number of rotatable bonds is 5. The number of ether oxygens (including phenoxy) is 1. The number of carbonyl (C=O) groups is 3. The third-order valence-electron chi connectivity index (χ3n) is 6.30. The van der Waals surface area contributed by atoms with Crippen LogP contribution in [0.15, 0.2) is 59.1 Å². The summed E-state index contributed by atoms with van der Waals surface area (Å²) in [4.78, 5) is 52.5. The molecule has 2 aromatic carbocycles. The lowest BCUT2D eigenvalue weighted by atomic mass is 9.61. The lowest BCUT2D eigenvalue weighted by Gasteiger charge is -2.38. The molecule has 1 amide bonds. The van der Waals surface area contributed by atoms with Crippen molar-refractivity contribution in [2.45, 2.75) is 25.2 Å². The quantitative estimate of drug-likeness (QED) is 0.286. The molecule has 2 atom stereocenters. The van der Waals surface area contributed by atoms with Crippen molar-refractivity contribution >= 4 is 40.6 Å². The highest BCUT2D eigenvalue weighted by atomic mass is 35.5. The van der Waals surface area contributed by atoms with E-state index in [-0.39, 0.29) is 35.7 Å². The highest BCUT2D eigenvalue weighted by Gasteiger charge is 2.64. The fourth-order valence-electron chi connectivity index (χ4n) is 4.74. The van der Waals surface area contributed by atoms with Crippen LogP contribution in [0.4, 0.5) is 11.4 Å². The fraction of sp³-hybridized carbons (Fsp3) is 0.292. The van der Waals surface area contributed by atoms with Crippen molar-refractivity contribution in [1.82, 2.24) is 0 Å². The number of benzene rings is 2. The molecule has 2 aliphatic rings. The van der Waals surface area contributed by atoms with Gasteiger partial charge in [0.1, 0.15) is 0 Å². The number of hydrogen-bond donors (Lipinski definition) is 0. The van der Waals surface area contributed by atoms with Gasteiger partial charge in [-0.2, -0.15) is 0 Å². The van der Waals surface area contributed by atoms with E-state index >= 15 is 0 Å². The van der Waals surface area contributed by atoms with Crippen LogP contribution in [-0.4, -0.2) is 36.2 Å². The van der Waals surface area contributed by atoms with Gasteiger partial charge in [-0.05, 0) is 25.0 Å². The minimum atomic E-state index is -1.77. The van der Waals surface area contributed by atoms with Crippen LogP contribution in [0.25, 0.3) is 0 Å². The van der Waals surface area contributed by atoms with Gasteiger partial charge in [0, 0.05) is 47.5 Å². The molecule has 1 aliphatic carbocycles. The molecule has 8 nitrogen and oxygen atoms in total. The molecule has 2 unspecified atom stereocenters. The lowest BCUT2D eigenvalue weighted by Crippen LogP contribution is -2.56. The first kappa shape index (κ1) is 22.7. The lowest BCUT2D eigenvalue weighted by molar-refractivity contribution is -0.384. The first-order valence-electron chi connectivity index (χ1n) is 10.4. The van der Waals surface area contributed by atoms with Crippen LogP contribution in [0.3, 0.4) is 0 Å². The number of Topliss-reactive ketones (excluding diaryl/α,β-unsaturated/α-hetero) is 1. The first-order chi connectivity index (χ1) is 15.7. The first-order valence-corrected chi connectivity index (χ1v) is 10.8. The summed E-state index contributed by atoms with van der Waals surface area (Å²) in [7, 11) is 1.57. The summed E-state index contributed by atoms with van der Waals surface area (Å²) in [5, 5.41) is 11.1. The van der Waals surface area contributed by atoms with Crippen LogP contribution < -0.4 is 4.90 Å². The van der Waals surface area contributed by atoms with Crippen LogP contribution >= 0.6 is 11.6 Å². The number of allylic oxidation sites excluding steroid dienone is 2. The van der Waals surface area contributed by atoms with Gasteiger partial charge in [0.05, 0.1) is 17.4 Å². The normalized spacial score (nSPS) is 22.0. The van der Waals surface area contributed by atoms with Gasteiger partial charge in [0.2, 0.25) is 5.91 Å². The molecule has 0 radical (unpaired) electrons. The summed E-state index contributed by atoms with van der Waals surface area (Å²) < 4.78 is 5.25. The zero-order valence-electron chi connectivity index (χ0n) is 18.0. The van der Waals surface area contributed by atoms with E-state index in [1.165, 1.54) is 17.0 Å². The Morgan fingerprint density at radius 1 is 1.21 bits per heavy atom. The van der Waals surface area contributed by atoms with Crippen LogP contribution in [-0.2, 0) is 31.0 Å². The molecule has 0 fully saturated rings. The monoisotopic (exact) mass is 468 g/mol. The van der Waals surface area contributed by atoms with Crippen molar-refractivity contribution in [3.05, 3.63) is 80.4 Å². The van der Waals surface area contributed by atoms with Gasteiger partial charge >= 0.3 is 5.97 Å². The Balaban J connectivity index is 1.85. The van der Waals surface area contributed by atoms with Gasteiger partial charge in [0.25, 0.3) is 5.69 Å². The molecule has 1 spiro atoms. The number of carbonyl (C=O) groups excluding carboxylic acids is 3. The second-order valence-electron chi connectivity index (χ2n) is 8.01. The number of anilines is 1. The summed E-state index contributed by atoms with van der Waals surface area (Å²) in [6, 6.07) is 12.7. The average molecular weight is 469 g/mol.